The summed E-state index contributed by atoms with van der Waals surface area (Å²) in [6.07, 6.45) is 5.33. The van der Waals surface area contributed by atoms with E-state index in [2.05, 4.69) is 4.98 Å². The Labute approximate surface area is 126 Å². The zero-order valence-corrected chi connectivity index (χ0v) is 11.9. The highest BCUT2D eigenvalue weighted by Gasteiger charge is 2.22. The van der Waals surface area contributed by atoms with Crippen LogP contribution in [-0.2, 0) is 4.79 Å². The topological polar surface area (TPSA) is 37.6 Å². The molecule has 1 aliphatic heterocycles. The quantitative estimate of drug-likeness (QED) is 0.727. The molecule has 110 valence electrons. The van der Waals surface area contributed by atoms with E-state index in [0.717, 1.165) is 35.6 Å². The molecular weight excluding hydrogens is 281 g/mol. The number of amides is 1. The Morgan fingerprint density at radius 2 is 1.86 bits per heavy atom. The maximum absolute atomic E-state index is 13.0. The van der Waals surface area contributed by atoms with Gasteiger partial charge in [-0.2, -0.15) is 0 Å². The molecule has 1 fully saturated rings. The highest BCUT2D eigenvalue weighted by Crippen LogP contribution is 2.24. The summed E-state index contributed by atoms with van der Waals surface area (Å²) in [5.74, 6) is -0.0967. The molecule has 1 amide bonds. The van der Waals surface area contributed by atoms with Crippen LogP contribution in [0.4, 0.5) is 10.1 Å². The van der Waals surface area contributed by atoms with E-state index in [9.17, 15) is 9.18 Å². The average molecular weight is 295 g/mol. The van der Waals surface area contributed by atoms with Crippen molar-refractivity contribution in [2.24, 2.45) is 0 Å². The molecule has 3 aromatic rings. The second kappa shape index (κ2) is 4.94. The molecule has 4 nitrogen and oxygen atoms in total. The Hall–Kier alpha value is -2.69. The lowest BCUT2D eigenvalue weighted by atomic mass is 10.2. The van der Waals surface area contributed by atoms with Crippen molar-refractivity contribution in [1.82, 2.24) is 9.38 Å². The standard InChI is InChI=1S/C17H14FN3O/c18-13-5-3-12(4-6-13)15-11-20-10-14(7-8-16(20)19-15)21-9-1-2-17(21)22/h3-8,10-11H,1-2,9H2. The van der Waals surface area contributed by atoms with Gasteiger partial charge < -0.3 is 9.30 Å². The van der Waals surface area contributed by atoms with Crippen molar-refractivity contribution in [3.63, 3.8) is 0 Å². The molecule has 4 rings (SSSR count). The van der Waals surface area contributed by atoms with Crippen LogP contribution in [0.2, 0.25) is 0 Å². The molecule has 2 aromatic heterocycles. The molecule has 0 atom stereocenters. The molecule has 0 N–H and O–H groups in total. The second-order valence-corrected chi connectivity index (χ2v) is 5.43. The molecule has 0 saturated carbocycles. The number of hydrogen-bond donors (Lipinski definition) is 0. The van der Waals surface area contributed by atoms with E-state index in [1.54, 1.807) is 17.0 Å². The van der Waals surface area contributed by atoms with Crippen molar-refractivity contribution in [3.8, 4) is 11.3 Å². The number of nitrogens with zero attached hydrogens (tertiary/aromatic N) is 3. The van der Waals surface area contributed by atoms with Crippen LogP contribution in [0.5, 0.6) is 0 Å². The van der Waals surface area contributed by atoms with Crippen LogP contribution in [-0.4, -0.2) is 21.8 Å². The lowest BCUT2D eigenvalue weighted by molar-refractivity contribution is -0.117. The molecule has 1 saturated heterocycles. The van der Waals surface area contributed by atoms with Gasteiger partial charge in [0.2, 0.25) is 5.91 Å². The first kappa shape index (κ1) is 13.0. The van der Waals surface area contributed by atoms with Gasteiger partial charge in [0.05, 0.1) is 11.4 Å². The Morgan fingerprint density at radius 1 is 1.05 bits per heavy atom. The van der Waals surface area contributed by atoms with E-state index in [0.29, 0.717) is 6.42 Å². The molecule has 1 aliphatic rings. The van der Waals surface area contributed by atoms with Crippen LogP contribution in [0.1, 0.15) is 12.8 Å². The van der Waals surface area contributed by atoms with E-state index >= 15 is 0 Å². The lowest BCUT2D eigenvalue weighted by Gasteiger charge is -2.15. The first-order valence-corrected chi connectivity index (χ1v) is 7.26. The Kier molecular flexibility index (Phi) is 2.92. The van der Waals surface area contributed by atoms with E-state index in [4.69, 9.17) is 0 Å². The van der Waals surface area contributed by atoms with E-state index < -0.39 is 0 Å². The van der Waals surface area contributed by atoms with Gasteiger partial charge in [-0.1, -0.05) is 0 Å². The number of imidazole rings is 1. The maximum Gasteiger partial charge on any atom is 0.227 e. The normalized spacial score (nSPS) is 15.0. The summed E-state index contributed by atoms with van der Waals surface area (Å²) in [5, 5.41) is 0. The molecule has 0 unspecified atom stereocenters. The number of rotatable bonds is 2. The minimum Gasteiger partial charge on any atom is -0.311 e. The largest absolute Gasteiger partial charge is 0.311 e. The molecule has 0 bridgehead atoms. The van der Waals surface area contributed by atoms with Crippen LogP contribution in [0.15, 0.2) is 48.8 Å². The fourth-order valence-corrected chi connectivity index (χ4v) is 2.82. The summed E-state index contributed by atoms with van der Waals surface area (Å²) >= 11 is 0. The minimum atomic E-state index is -0.262. The molecular formula is C17H14FN3O. The van der Waals surface area contributed by atoms with Gasteiger partial charge in [-0.15, -0.1) is 0 Å². The van der Waals surface area contributed by atoms with E-state index in [1.807, 2.05) is 28.9 Å². The molecule has 0 spiro atoms. The summed E-state index contributed by atoms with van der Waals surface area (Å²) < 4.78 is 14.9. The van der Waals surface area contributed by atoms with Gasteiger partial charge in [-0.3, -0.25) is 4.79 Å². The predicted octanol–water partition coefficient (Wildman–Crippen LogP) is 3.27. The van der Waals surface area contributed by atoms with Gasteiger partial charge >= 0.3 is 0 Å². The smallest absolute Gasteiger partial charge is 0.227 e. The number of aromatic nitrogens is 2. The highest BCUT2D eigenvalue weighted by molar-refractivity contribution is 5.95. The molecule has 3 heterocycles. The molecule has 22 heavy (non-hydrogen) atoms. The molecule has 1 aromatic carbocycles. The summed E-state index contributed by atoms with van der Waals surface area (Å²) in [7, 11) is 0. The molecule has 5 heteroatoms. The van der Waals surface area contributed by atoms with Crippen molar-refractivity contribution in [2.75, 3.05) is 11.4 Å². The van der Waals surface area contributed by atoms with Crippen LogP contribution in [0.25, 0.3) is 16.9 Å². The lowest BCUT2D eigenvalue weighted by Crippen LogP contribution is -2.23. The van der Waals surface area contributed by atoms with Crippen molar-refractivity contribution in [1.29, 1.82) is 0 Å². The van der Waals surface area contributed by atoms with E-state index in [1.165, 1.54) is 12.1 Å². The highest BCUT2D eigenvalue weighted by atomic mass is 19.1. The minimum absolute atomic E-state index is 0.165. The number of carbonyl (C=O) groups is 1. The Morgan fingerprint density at radius 3 is 2.59 bits per heavy atom. The number of halogens is 1. The van der Waals surface area contributed by atoms with Crippen molar-refractivity contribution in [3.05, 3.63) is 54.6 Å². The number of fused-ring (bicyclic) bond motifs is 1. The van der Waals surface area contributed by atoms with Crippen molar-refractivity contribution >= 4 is 17.2 Å². The number of benzene rings is 1. The fraction of sp³-hybridized carbons (Fsp3) is 0.176. The van der Waals surface area contributed by atoms with Gasteiger partial charge in [0.25, 0.3) is 0 Å². The zero-order valence-electron chi connectivity index (χ0n) is 11.9. The third-order valence-corrected chi connectivity index (χ3v) is 3.96. The fourth-order valence-electron chi connectivity index (χ4n) is 2.82. The summed E-state index contributed by atoms with van der Waals surface area (Å²) in [6, 6.07) is 10.1. The van der Waals surface area contributed by atoms with E-state index in [-0.39, 0.29) is 11.7 Å². The number of hydrogen-bond acceptors (Lipinski definition) is 2. The van der Waals surface area contributed by atoms with Gasteiger partial charge in [0.15, 0.2) is 0 Å². The van der Waals surface area contributed by atoms with Gasteiger partial charge in [0, 0.05) is 30.9 Å². The number of carbonyl (C=O) groups excluding carboxylic acids is 1. The Balaban J connectivity index is 1.74. The first-order chi connectivity index (χ1) is 10.7. The number of anilines is 1. The third-order valence-electron chi connectivity index (χ3n) is 3.96. The second-order valence-electron chi connectivity index (χ2n) is 5.43. The van der Waals surface area contributed by atoms with Gasteiger partial charge in [0.1, 0.15) is 11.5 Å². The molecule has 0 aliphatic carbocycles. The SMILES string of the molecule is O=C1CCCN1c1ccc2nc(-c3ccc(F)cc3)cn2c1. The van der Waals surface area contributed by atoms with Crippen molar-refractivity contribution in [2.45, 2.75) is 12.8 Å². The predicted molar refractivity (Wildman–Crippen MR) is 82.2 cm³/mol. The zero-order chi connectivity index (χ0) is 15.1. The van der Waals surface area contributed by atoms with Gasteiger partial charge in [-0.05, 0) is 42.8 Å². The summed E-state index contributed by atoms with van der Waals surface area (Å²) in [5.41, 5.74) is 3.33. The van der Waals surface area contributed by atoms with Crippen molar-refractivity contribution < 1.29 is 9.18 Å². The monoisotopic (exact) mass is 295 g/mol. The first-order valence-electron chi connectivity index (χ1n) is 7.26. The Bertz CT molecular complexity index is 854. The van der Waals surface area contributed by atoms with Crippen LogP contribution < -0.4 is 4.90 Å². The van der Waals surface area contributed by atoms with Crippen LogP contribution in [0, 0.1) is 5.82 Å². The summed E-state index contributed by atoms with van der Waals surface area (Å²) in [4.78, 5) is 18.2. The van der Waals surface area contributed by atoms with Crippen LogP contribution >= 0.6 is 0 Å². The van der Waals surface area contributed by atoms with Gasteiger partial charge in [-0.25, -0.2) is 9.37 Å². The third kappa shape index (κ3) is 2.15. The molecule has 0 radical (unpaired) electrons. The summed E-state index contributed by atoms with van der Waals surface area (Å²) in [6.45, 7) is 0.768. The maximum atomic E-state index is 13.0. The average Bonchev–Trinajstić information content (AvgIpc) is 3.13. The van der Waals surface area contributed by atoms with Crippen LogP contribution in [0.3, 0.4) is 0 Å². The number of pyridine rings is 1.